The molecule has 3 aliphatic heterocycles. The van der Waals surface area contributed by atoms with E-state index in [4.69, 9.17) is 4.74 Å². The van der Waals surface area contributed by atoms with E-state index in [1.807, 2.05) is 53.4 Å². The Morgan fingerprint density at radius 1 is 0.897 bits per heavy atom. The van der Waals surface area contributed by atoms with Crippen molar-refractivity contribution in [2.45, 2.75) is 32.0 Å². The van der Waals surface area contributed by atoms with Crippen molar-refractivity contribution < 1.29 is 23.5 Å². The summed E-state index contributed by atoms with van der Waals surface area (Å²) in [5, 5.41) is 2.30. The lowest BCUT2D eigenvalue weighted by molar-refractivity contribution is -0.136. The highest BCUT2D eigenvalue weighted by Gasteiger charge is 2.40. The molecule has 2 fully saturated rings. The van der Waals surface area contributed by atoms with E-state index in [9.17, 15) is 14.4 Å². The van der Waals surface area contributed by atoms with E-state index >= 15 is 4.39 Å². The van der Waals surface area contributed by atoms with Crippen LogP contribution in [0.2, 0.25) is 0 Å². The second-order valence-electron chi connectivity index (χ2n) is 10.2. The Kier molecular flexibility index (Phi) is 6.74. The summed E-state index contributed by atoms with van der Waals surface area (Å²) in [5.41, 5.74) is 2.62. The average molecular weight is 529 g/mol. The van der Waals surface area contributed by atoms with Crippen LogP contribution in [0, 0.1) is 5.82 Å². The molecular formula is C30H29FN4O4. The predicted molar refractivity (Wildman–Crippen MR) is 143 cm³/mol. The van der Waals surface area contributed by atoms with Gasteiger partial charge in [0, 0.05) is 51.3 Å². The number of carbonyl (C=O) groups is 3. The summed E-state index contributed by atoms with van der Waals surface area (Å²) < 4.78 is 21.2. The lowest BCUT2D eigenvalue weighted by Crippen LogP contribution is -2.52. The third kappa shape index (κ3) is 5.22. The van der Waals surface area contributed by atoms with E-state index in [2.05, 4.69) is 16.3 Å². The first-order valence-corrected chi connectivity index (χ1v) is 13.2. The first-order valence-electron chi connectivity index (χ1n) is 13.2. The molecule has 2 saturated heterocycles. The third-order valence-corrected chi connectivity index (χ3v) is 7.59. The summed E-state index contributed by atoms with van der Waals surface area (Å²) >= 11 is 0. The van der Waals surface area contributed by atoms with Crippen LogP contribution >= 0.6 is 0 Å². The fraction of sp³-hybridized carbons (Fsp3) is 0.300. The maximum atomic E-state index is 15.2. The van der Waals surface area contributed by atoms with Gasteiger partial charge in [-0.1, -0.05) is 30.3 Å². The standard InChI is InChI=1S/C30H29FN4O4/c31-25-17-24-21(19-35(30(24)38)26-9-10-28(36)32-29(26)37)16-27(25)34-13-11-33(12-14-34)18-20-5-4-8-23(15-20)39-22-6-2-1-3-7-22/h1-8,15-17,26H,9-14,18-19H2,(H,32,36,37). The predicted octanol–water partition coefficient (Wildman–Crippen LogP) is 3.70. The van der Waals surface area contributed by atoms with Gasteiger partial charge in [0.2, 0.25) is 11.8 Å². The van der Waals surface area contributed by atoms with Crippen molar-refractivity contribution >= 4 is 23.4 Å². The topological polar surface area (TPSA) is 82.2 Å². The van der Waals surface area contributed by atoms with Gasteiger partial charge in [0.25, 0.3) is 5.91 Å². The number of nitrogens with one attached hydrogen (secondary N) is 1. The lowest BCUT2D eigenvalue weighted by Gasteiger charge is -2.36. The number of rotatable bonds is 6. The number of piperazine rings is 1. The SMILES string of the molecule is O=C1CCC(N2Cc3cc(N4CCN(Cc5cccc(Oc6ccccc6)c5)CC4)c(F)cc3C2=O)C(=O)N1. The Labute approximate surface area is 226 Å². The van der Waals surface area contributed by atoms with Crippen LogP contribution in [0.15, 0.2) is 66.7 Å². The van der Waals surface area contributed by atoms with E-state index < -0.39 is 17.8 Å². The number of nitrogens with zero attached hydrogens (tertiary/aromatic N) is 3. The molecule has 200 valence electrons. The number of hydrogen-bond acceptors (Lipinski definition) is 6. The number of ether oxygens (including phenoxy) is 1. The van der Waals surface area contributed by atoms with Gasteiger partial charge in [0.1, 0.15) is 23.4 Å². The molecule has 3 heterocycles. The summed E-state index contributed by atoms with van der Waals surface area (Å²) in [5.74, 6) is -0.0258. The monoisotopic (exact) mass is 528 g/mol. The fourth-order valence-electron chi connectivity index (χ4n) is 5.56. The van der Waals surface area contributed by atoms with Crippen LogP contribution in [0.5, 0.6) is 11.5 Å². The average Bonchev–Trinajstić information content (AvgIpc) is 3.24. The van der Waals surface area contributed by atoms with Gasteiger partial charge < -0.3 is 14.5 Å². The van der Waals surface area contributed by atoms with E-state index in [0.29, 0.717) is 24.3 Å². The van der Waals surface area contributed by atoms with E-state index in [1.165, 1.54) is 11.0 Å². The number of imide groups is 1. The number of hydrogen-bond donors (Lipinski definition) is 1. The van der Waals surface area contributed by atoms with Gasteiger partial charge in [-0.3, -0.25) is 24.6 Å². The number of fused-ring (bicyclic) bond motifs is 1. The Balaban J connectivity index is 1.09. The number of amides is 3. The second-order valence-corrected chi connectivity index (χ2v) is 10.2. The number of carbonyl (C=O) groups excluding carboxylic acids is 3. The largest absolute Gasteiger partial charge is 0.457 e. The fourth-order valence-corrected chi connectivity index (χ4v) is 5.56. The number of piperidine rings is 1. The van der Waals surface area contributed by atoms with Crippen LogP contribution in [-0.4, -0.2) is 59.7 Å². The molecule has 3 amide bonds. The number of para-hydroxylation sites is 1. The molecule has 6 rings (SSSR count). The number of halogens is 1. The Morgan fingerprint density at radius 2 is 1.67 bits per heavy atom. The summed E-state index contributed by atoms with van der Waals surface area (Å²) in [6.45, 7) is 3.83. The molecule has 3 aromatic carbocycles. The molecule has 1 atom stereocenters. The third-order valence-electron chi connectivity index (χ3n) is 7.59. The van der Waals surface area contributed by atoms with Crippen LogP contribution in [0.1, 0.15) is 34.3 Å². The quantitative estimate of drug-likeness (QED) is 0.492. The first kappa shape index (κ1) is 25.1. The zero-order valence-corrected chi connectivity index (χ0v) is 21.4. The molecule has 1 unspecified atom stereocenters. The van der Waals surface area contributed by atoms with Crippen molar-refractivity contribution in [3.05, 3.63) is 89.2 Å². The minimum atomic E-state index is -0.714. The molecule has 3 aromatic rings. The first-order chi connectivity index (χ1) is 18.9. The van der Waals surface area contributed by atoms with E-state index in [0.717, 1.165) is 36.7 Å². The van der Waals surface area contributed by atoms with Crippen molar-refractivity contribution in [3.8, 4) is 11.5 Å². The number of benzene rings is 3. The molecule has 8 nitrogen and oxygen atoms in total. The van der Waals surface area contributed by atoms with Crippen LogP contribution < -0.4 is 15.0 Å². The molecule has 3 aliphatic rings. The zero-order valence-electron chi connectivity index (χ0n) is 21.4. The maximum absolute atomic E-state index is 15.2. The van der Waals surface area contributed by atoms with Crippen molar-refractivity contribution in [2.75, 3.05) is 31.1 Å². The minimum Gasteiger partial charge on any atom is -0.457 e. The normalized spacial score (nSPS) is 19.7. The van der Waals surface area contributed by atoms with Crippen molar-refractivity contribution in [2.24, 2.45) is 0 Å². The van der Waals surface area contributed by atoms with Gasteiger partial charge in [-0.25, -0.2) is 4.39 Å². The highest BCUT2D eigenvalue weighted by molar-refractivity contribution is 6.05. The summed E-state index contributed by atoms with van der Waals surface area (Å²) in [7, 11) is 0. The number of anilines is 1. The molecule has 0 radical (unpaired) electrons. The van der Waals surface area contributed by atoms with Gasteiger partial charge in [-0.05, 0) is 53.9 Å². The van der Waals surface area contributed by atoms with Crippen LogP contribution in [0.4, 0.5) is 10.1 Å². The molecule has 0 saturated carbocycles. The molecule has 39 heavy (non-hydrogen) atoms. The maximum Gasteiger partial charge on any atom is 0.255 e. The summed E-state index contributed by atoms with van der Waals surface area (Å²) in [4.78, 5) is 42.6. The molecule has 0 aromatic heterocycles. The zero-order chi connectivity index (χ0) is 26.9. The Hall–Kier alpha value is -4.24. The summed E-state index contributed by atoms with van der Waals surface area (Å²) in [6, 6.07) is 20.1. The molecule has 0 spiro atoms. The Bertz CT molecular complexity index is 1420. The molecule has 0 bridgehead atoms. The minimum absolute atomic E-state index is 0.185. The van der Waals surface area contributed by atoms with Crippen LogP contribution in [0.25, 0.3) is 0 Å². The van der Waals surface area contributed by atoms with Gasteiger partial charge in [-0.2, -0.15) is 0 Å². The highest BCUT2D eigenvalue weighted by atomic mass is 19.1. The van der Waals surface area contributed by atoms with Crippen LogP contribution in [-0.2, 0) is 22.7 Å². The second kappa shape index (κ2) is 10.5. The van der Waals surface area contributed by atoms with Crippen molar-refractivity contribution in [1.29, 1.82) is 0 Å². The lowest BCUT2D eigenvalue weighted by atomic mass is 10.0. The van der Waals surface area contributed by atoms with Gasteiger partial charge in [-0.15, -0.1) is 0 Å². The Morgan fingerprint density at radius 3 is 2.44 bits per heavy atom. The van der Waals surface area contributed by atoms with E-state index in [-0.39, 0.29) is 36.8 Å². The van der Waals surface area contributed by atoms with Crippen molar-refractivity contribution in [1.82, 2.24) is 15.1 Å². The smallest absolute Gasteiger partial charge is 0.255 e. The van der Waals surface area contributed by atoms with Gasteiger partial charge in [0.05, 0.1) is 5.69 Å². The highest BCUT2D eigenvalue weighted by Crippen LogP contribution is 2.33. The van der Waals surface area contributed by atoms with E-state index in [1.54, 1.807) is 6.07 Å². The summed E-state index contributed by atoms with van der Waals surface area (Å²) in [6.07, 6.45) is 0.466. The van der Waals surface area contributed by atoms with Gasteiger partial charge in [0.15, 0.2) is 0 Å². The van der Waals surface area contributed by atoms with Crippen molar-refractivity contribution in [3.63, 3.8) is 0 Å². The van der Waals surface area contributed by atoms with Crippen LogP contribution in [0.3, 0.4) is 0 Å². The molecule has 0 aliphatic carbocycles. The van der Waals surface area contributed by atoms with Gasteiger partial charge >= 0.3 is 0 Å². The molecular weight excluding hydrogens is 499 g/mol. The molecule has 9 heteroatoms. The molecule has 1 N–H and O–H groups in total.